The predicted octanol–water partition coefficient (Wildman–Crippen LogP) is 1.21. The zero-order valence-corrected chi connectivity index (χ0v) is 4.95. The van der Waals surface area contributed by atoms with Gasteiger partial charge in [0.25, 0.3) is 0 Å². The van der Waals surface area contributed by atoms with Crippen LogP contribution in [0.25, 0.3) is 0 Å². The summed E-state index contributed by atoms with van der Waals surface area (Å²) in [7, 11) is 0. The molecule has 32 valence electrons. The van der Waals surface area contributed by atoms with Crippen LogP contribution in [0.5, 0.6) is 0 Å². The Morgan fingerprint density at radius 2 is 1.14 bits per heavy atom. The minimum Gasteiger partial charge on any atom is -0.0176 e. The van der Waals surface area contributed by atoms with Gasteiger partial charge in [0.1, 0.15) is 0 Å². The fourth-order valence-electron chi connectivity index (χ4n) is 0.0823. The molecule has 0 aliphatic carbocycles. The van der Waals surface area contributed by atoms with Crippen molar-refractivity contribution in [3.8, 4) is 0 Å². The molecule has 7 heavy (non-hydrogen) atoms. The normalized spacial score (nSPS) is 3.43. The lowest BCUT2D eigenvalue weighted by molar-refractivity contribution is 2.41. The second-order valence-electron chi connectivity index (χ2n) is 0.579. The molecule has 2 heteroatoms. The highest BCUT2D eigenvalue weighted by Crippen LogP contribution is 1.42. The highest BCUT2D eigenvalue weighted by Gasteiger charge is 1.31. The Bertz CT molecular complexity index is 188. The summed E-state index contributed by atoms with van der Waals surface area (Å²) in [5, 5.41) is 4.35. The van der Waals surface area contributed by atoms with Crippen LogP contribution in [-0.2, 0) is 0 Å². The fourth-order valence-corrected chi connectivity index (χ4v) is 0.184. The molecule has 0 aromatic rings. The van der Waals surface area contributed by atoms with Gasteiger partial charge in [0.15, 0.2) is 0 Å². The van der Waals surface area contributed by atoms with Gasteiger partial charge in [0.2, 0.25) is 0 Å². The molecule has 0 nitrogen and oxygen atoms in total. The van der Waals surface area contributed by atoms with E-state index in [1.807, 2.05) is 0 Å². The maximum Gasteiger partial charge on any atom is 0.0148 e. The summed E-state index contributed by atoms with van der Waals surface area (Å²) in [5.74, 6) is 0. The van der Waals surface area contributed by atoms with Gasteiger partial charge in [-0.05, 0) is 24.4 Å². The van der Waals surface area contributed by atoms with Crippen LogP contribution < -0.4 is 0 Å². The molecule has 0 amide bonds. The first-order valence-corrected chi connectivity index (χ1v) is 2.22. The first-order valence-electron chi connectivity index (χ1n) is 1.41. The van der Waals surface area contributed by atoms with Crippen molar-refractivity contribution >= 4 is 34.5 Å². The summed E-state index contributed by atoms with van der Waals surface area (Å²) in [4.78, 5) is 0. The second-order valence-corrected chi connectivity index (χ2v) is 0.987. The van der Waals surface area contributed by atoms with Gasteiger partial charge in [0, 0.05) is 27.2 Å². The Labute approximate surface area is 52.2 Å². The smallest absolute Gasteiger partial charge is 0.0148 e. The highest BCUT2D eigenvalue weighted by atomic mass is 32.1. The summed E-state index contributed by atoms with van der Waals surface area (Å²) < 4.78 is 0. The predicted molar refractivity (Wildman–Crippen MR) is 35.7 cm³/mol. The SMILES string of the molecule is S=C=C=C=C=C=S. The Morgan fingerprint density at radius 3 is 1.43 bits per heavy atom. The number of thiocarbonyl (C=S) groups is 2. The summed E-state index contributed by atoms with van der Waals surface area (Å²) in [5.41, 5.74) is 7.00. The van der Waals surface area contributed by atoms with Crippen LogP contribution in [0.2, 0.25) is 0 Å². The Kier molecular flexibility index (Phi) is 4.84. The van der Waals surface area contributed by atoms with Gasteiger partial charge < -0.3 is 0 Å². The Balaban J connectivity index is 4.89. The third-order valence-corrected chi connectivity index (χ3v) is 0.431. The molecule has 0 fully saturated rings. The molecule has 0 saturated heterocycles. The molecule has 0 aromatic heterocycles. The minimum atomic E-state index is 2.18. The van der Waals surface area contributed by atoms with E-state index in [4.69, 9.17) is 0 Å². The molecule has 0 radical (unpaired) electrons. The average Bonchev–Trinajstić information content (AvgIpc) is 1.69. The van der Waals surface area contributed by atoms with Crippen molar-refractivity contribution in [3.63, 3.8) is 0 Å². The van der Waals surface area contributed by atoms with Crippen molar-refractivity contribution < 1.29 is 0 Å². The number of hydrogen-bond acceptors (Lipinski definition) is 2. The van der Waals surface area contributed by atoms with E-state index in [9.17, 15) is 0 Å². The van der Waals surface area contributed by atoms with Crippen molar-refractivity contribution in [3.05, 3.63) is 17.2 Å². The van der Waals surface area contributed by atoms with Crippen molar-refractivity contribution in [2.24, 2.45) is 0 Å². The van der Waals surface area contributed by atoms with Gasteiger partial charge in [-0.25, -0.2) is 0 Å². The van der Waals surface area contributed by atoms with Gasteiger partial charge in [-0.15, -0.1) is 0 Å². The van der Waals surface area contributed by atoms with E-state index in [1.165, 1.54) is 0 Å². The molecule has 0 atom stereocenters. The van der Waals surface area contributed by atoms with Gasteiger partial charge in [-0.1, -0.05) is 0 Å². The highest BCUT2D eigenvalue weighted by molar-refractivity contribution is 7.78. The summed E-state index contributed by atoms with van der Waals surface area (Å²) in [6, 6.07) is 0. The van der Waals surface area contributed by atoms with E-state index in [0.29, 0.717) is 0 Å². The largest absolute Gasteiger partial charge is 0.0176 e. The lowest BCUT2D eigenvalue weighted by Gasteiger charge is -1.30. The minimum absolute atomic E-state index is 2.18. The molecular weight excluding hydrogens is 124 g/mol. The summed E-state index contributed by atoms with van der Waals surface area (Å²) in [6.45, 7) is 0. The van der Waals surface area contributed by atoms with E-state index >= 15 is 0 Å². The molecule has 0 rings (SSSR count). The van der Waals surface area contributed by atoms with E-state index in [1.54, 1.807) is 0 Å². The molecule has 0 bridgehead atoms. The molecular formula is C5S2. The lowest BCUT2D eigenvalue weighted by Crippen LogP contribution is -1.25. The van der Waals surface area contributed by atoms with Gasteiger partial charge in [-0.3, -0.25) is 0 Å². The number of rotatable bonds is 0. The van der Waals surface area contributed by atoms with Gasteiger partial charge in [0.05, 0.1) is 0 Å². The van der Waals surface area contributed by atoms with Gasteiger partial charge >= 0.3 is 0 Å². The quantitative estimate of drug-likeness (QED) is 0.351. The van der Waals surface area contributed by atoms with Crippen LogP contribution in [0.4, 0.5) is 0 Å². The fraction of sp³-hybridized carbons (Fsp3) is 0. The molecule has 0 aromatic carbocycles. The second kappa shape index (κ2) is 5.34. The average molecular weight is 124 g/mol. The molecule has 0 unspecified atom stereocenters. The van der Waals surface area contributed by atoms with Crippen LogP contribution in [0, 0.1) is 0 Å². The first kappa shape index (κ1) is 6.34. The molecule has 0 aliphatic rings. The Hall–Kier alpha value is -0.660. The van der Waals surface area contributed by atoms with E-state index in [-0.39, 0.29) is 0 Å². The van der Waals surface area contributed by atoms with Crippen LogP contribution in [0.1, 0.15) is 0 Å². The van der Waals surface area contributed by atoms with Crippen molar-refractivity contribution in [1.29, 1.82) is 0 Å². The maximum absolute atomic E-state index is 4.24. The van der Waals surface area contributed by atoms with E-state index in [0.717, 1.165) is 0 Å². The van der Waals surface area contributed by atoms with Crippen molar-refractivity contribution in [2.45, 2.75) is 0 Å². The topological polar surface area (TPSA) is 0 Å². The number of hydrogen-bond donors (Lipinski definition) is 0. The molecule has 0 saturated carbocycles. The zero-order valence-electron chi connectivity index (χ0n) is 3.32. The van der Waals surface area contributed by atoms with Gasteiger partial charge in [-0.2, -0.15) is 0 Å². The third kappa shape index (κ3) is 5.34. The van der Waals surface area contributed by atoms with Crippen molar-refractivity contribution in [2.75, 3.05) is 0 Å². The van der Waals surface area contributed by atoms with Crippen molar-refractivity contribution in [1.82, 2.24) is 0 Å². The molecule has 0 N–H and O–H groups in total. The van der Waals surface area contributed by atoms with Crippen LogP contribution in [0.3, 0.4) is 0 Å². The standard InChI is InChI=1S/C5S2/c6-4-2-1-3-5-7. The van der Waals surface area contributed by atoms with E-state index in [2.05, 4.69) is 51.7 Å². The van der Waals surface area contributed by atoms with Crippen LogP contribution in [-0.4, -0.2) is 10.0 Å². The summed E-state index contributed by atoms with van der Waals surface area (Å²) in [6.07, 6.45) is 0. The first-order chi connectivity index (χ1) is 3.41. The van der Waals surface area contributed by atoms with Crippen LogP contribution >= 0.6 is 24.4 Å². The zero-order chi connectivity index (χ0) is 5.54. The molecule has 0 heterocycles. The molecule has 0 aliphatic heterocycles. The lowest BCUT2D eigenvalue weighted by atomic mass is 10.8. The third-order valence-electron chi connectivity index (χ3n) is 0.227. The monoisotopic (exact) mass is 124 g/mol. The summed E-state index contributed by atoms with van der Waals surface area (Å²) >= 11 is 8.48. The Morgan fingerprint density at radius 1 is 0.714 bits per heavy atom. The maximum atomic E-state index is 4.24. The van der Waals surface area contributed by atoms with Crippen LogP contribution in [0.15, 0.2) is 17.2 Å². The molecule has 0 spiro atoms. The van der Waals surface area contributed by atoms with E-state index < -0.39 is 0 Å².